The van der Waals surface area contributed by atoms with Crippen molar-refractivity contribution in [3.63, 3.8) is 0 Å². The van der Waals surface area contributed by atoms with Gasteiger partial charge in [-0.2, -0.15) is 0 Å². The summed E-state index contributed by atoms with van der Waals surface area (Å²) in [5.74, 6) is 0.190. The highest BCUT2D eigenvalue weighted by atomic mass is 16.5. The lowest BCUT2D eigenvalue weighted by Crippen LogP contribution is -2.18. The van der Waals surface area contributed by atoms with Crippen LogP contribution in [0.2, 0.25) is 0 Å². The van der Waals surface area contributed by atoms with Crippen LogP contribution >= 0.6 is 0 Å². The number of esters is 1. The summed E-state index contributed by atoms with van der Waals surface area (Å²) in [6.45, 7) is 6.85. The van der Waals surface area contributed by atoms with E-state index in [9.17, 15) is 4.79 Å². The molecule has 0 spiro atoms. The van der Waals surface area contributed by atoms with Crippen molar-refractivity contribution < 1.29 is 14.3 Å². The lowest BCUT2D eigenvalue weighted by molar-refractivity contribution is 0.0269. The minimum atomic E-state index is -0.289. The average molecular weight is 343 g/mol. The van der Waals surface area contributed by atoms with Gasteiger partial charge in [0, 0.05) is 11.5 Å². The Bertz CT molecular complexity index is 684. The molecule has 4 nitrogen and oxygen atoms in total. The maximum atomic E-state index is 12.8. The molecule has 1 aromatic carbocycles. The predicted molar refractivity (Wildman–Crippen MR) is 101 cm³/mol. The minimum absolute atomic E-state index is 0.0361. The van der Waals surface area contributed by atoms with Gasteiger partial charge in [0.25, 0.3) is 0 Å². The first-order valence-electron chi connectivity index (χ1n) is 9.43. The number of nitrogens with zero attached hydrogens (tertiary/aromatic N) is 1. The van der Waals surface area contributed by atoms with E-state index in [1.807, 2.05) is 31.2 Å². The zero-order chi connectivity index (χ0) is 18.1. The smallest absolute Gasteiger partial charge is 0.339 e. The van der Waals surface area contributed by atoms with Crippen LogP contribution in [0.15, 0.2) is 30.3 Å². The first-order chi connectivity index (χ1) is 12.2. The van der Waals surface area contributed by atoms with E-state index in [-0.39, 0.29) is 12.1 Å². The Morgan fingerprint density at radius 3 is 2.64 bits per heavy atom. The van der Waals surface area contributed by atoms with Crippen molar-refractivity contribution in [3.8, 4) is 5.88 Å². The number of hydrogen-bond acceptors (Lipinski definition) is 4. The maximum absolute atomic E-state index is 12.8. The molecule has 4 heteroatoms. The molecular formula is C21H29NO3. The summed E-state index contributed by atoms with van der Waals surface area (Å²) in [6, 6.07) is 9.32. The van der Waals surface area contributed by atoms with Crippen molar-refractivity contribution in [1.82, 2.24) is 4.98 Å². The molecule has 1 atom stereocenters. The van der Waals surface area contributed by atoms with Crippen molar-refractivity contribution in [1.29, 1.82) is 0 Å². The van der Waals surface area contributed by atoms with Crippen molar-refractivity contribution in [2.24, 2.45) is 0 Å². The first kappa shape index (κ1) is 19.2. The summed E-state index contributed by atoms with van der Waals surface area (Å²) in [6.07, 6.45) is 6.02. The Morgan fingerprint density at radius 1 is 1.12 bits per heavy atom. The van der Waals surface area contributed by atoms with Gasteiger partial charge in [-0.3, -0.25) is 0 Å². The summed E-state index contributed by atoms with van der Waals surface area (Å²) in [4.78, 5) is 17.3. The van der Waals surface area contributed by atoms with Crippen LogP contribution in [-0.4, -0.2) is 23.7 Å². The number of para-hydroxylation sites is 1. The molecule has 1 aromatic heterocycles. The number of hydrogen-bond donors (Lipinski definition) is 0. The van der Waals surface area contributed by atoms with Crippen LogP contribution in [0.3, 0.4) is 0 Å². The molecule has 0 fully saturated rings. The van der Waals surface area contributed by atoms with Gasteiger partial charge < -0.3 is 9.47 Å². The second-order valence-electron chi connectivity index (χ2n) is 6.31. The van der Waals surface area contributed by atoms with Gasteiger partial charge in [-0.1, -0.05) is 51.8 Å². The Hall–Kier alpha value is -2.10. The monoisotopic (exact) mass is 343 g/mol. The number of rotatable bonds is 10. The van der Waals surface area contributed by atoms with Gasteiger partial charge in [0.2, 0.25) is 5.88 Å². The number of unbranched alkanes of at least 4 members (excludes halogenated alkanes) is 2. The highest BCUT2D eigenvalue weighted by molar-refractivity contribution is 6.03. The summed E-state index contributed by atoms with van der Waals surface area (Å²) in [5.41, 5.74) is 1.28. The fourth-order valence-electron chi connectivity index (χ4n) is 2.78. The normalized spacial score (nSPS) is 12.1. The molecule has 2 rings (SSSR count). The van der Waals surface area contributed by atoms with E-state index in [4.69, 9.17) is 9.47 Å². The molecule has 0 saturated heterocycles. The fraction of sp³-hybridized carbons (Fsp3) is 0.524. The molecule has 1 unspecified atom stereocenters. The predicted octanol–water partition coefficient (Wildman–Crippen LogP) is 5.54. The van der Waals surface area contributed by atoms with Crippen LogP contribution in [0.4, 0.5) is 0 Å². The van der Waals surface area contributed by atoms with E-state index in [0.29, 0.717) is 18.1 Å². The van der Waals surface area contributed by atoms with Gasteiger partial charge >= 0.3 is 5.97 Å². The molecule has 0 aliphatic heterocycles. The van der Waals surface area contributed by atoms with Crippen LogP contribution in [0.5, 0.6) is 5.88 Å². The third kappa shape index (κ3) is 5.45. The Kier molecular flexibility index (Phi) is 7.71. The summed E-state index contributed by atoms with van der Waals surface area (Å²) in [5, 5.41) is 0.805. The molecule has 25 heavy (non-hydrogen) atoms. The van der Waals surface area contributed by atoms with E-state index < -0.39 is 0 Å². The van der Waals surface area contributed by atoms with E-state index in [0.717, 1.165) is 43.0 Å². The molecule has 0 saturated carbocycles. The van der Waals surface area contributed by atoms with Crippen molar-refractivity contribution in [2.75, 3.05) is 6.61 Å². The number of aromatic nitrogens is 1. The van der Waals surface area contributed by atoms with E-state index in [2.05, 4.69) is 18.8 Å². The third-order valence-corrected chi connectivity index (χ3v) is 4.23. The molecule has 1 heterocycles. The molecule has 0 radical (unpaired) electrons. The lowest BCUT2D eigenvalue weighted by Gasteiger charge is -2.17. The van der Waals surface area contributed by atoms with Gasteiger partial charge in [0.05, 0.1) is 17.7 Å². The largest absolute Gasteiger partial charge is 0.478 e. The zero-order valence-corrected chi connectivity index (χ0v) is 15.6. The number of pyridine rings is 1. The molecule has 0 bridgehead atoms. The molecule has 2 aromatic rings. The number of fused-ring (bicyclic) bond motifs is 1. The number of carbonyl (C=O) groups excluding carboxylic acids is 1. The van der Waals surface area contributed by atoms with E-state index >= 15 is 0 Å². The van der Waals surface area contributed by atoms with Crippen LogP contribution in [-0.2, 0) is 4.74 Å². The highest BCUT2D eigenvalue weighted by Crippen LogP contribution is 2.24. The van der Waals surface area contributed by atoms with Crippen LogP contribution in [0.1, 0.15) is 69.7 Å². The standard InChI is InChI=1S/C21H29NO3/c1-4-7-8-11-16(6-3)25-21(23)18-15-20(24-14-5-2)22-19-13-10-9-12-17(18)19/h9-10,12-13,15-16H,4-8,11,14H2,1-3H3. The number of carbonyl (C=O) groups is 1. The Labute approximate surface area is 150 Å². The van der Waals surface area contributed by atoms with Crippen molar-refractivity contribution in [3.05, 3.63) is 35.9 Å². The van der Waals surface area contributed by atoms with Gasteiger partial charge in [-0.05, 0) is 31.7 Å². The van der Waals surface area contributed by atoms with Gasteiger partial charge in [0.1, 0.15) is 6.10 Å². The highest BCUT2D eigenvalue weighted by Gasteiger charge is 2.18. The number of benzene rings is 1. The Balaban J connectivity index is 2.22. The lowest BCUT2D eigenvalue weighted by atomic mass is 10.1. The molecular weight excluding hydrogens is 314 g/mol. The minimum Gasteiger partial charge on any atom is -0.478 e. The van der Waals surface area contributed by atoms with Crippen LogP contribution in [0, 0.1) is 0 Å². The average Bonchev–Trinajstić information content (AvgIpc) is 2.64. The summed E-state index contributed by atoms with van der Waals surface area (Å²) >= 11 is 0. The second kappa shape index (κ2) is 10.0. The van der Waals surface area contributed by atoms with E-state index in [1.165, 1.54) is 6.42 Å². The van der Waals surface area contributed by atoms with Crippen LogP contribution in [0.25, 0.3) is 10.9 Å². The molecule has 0 amide bonds. The molecule has 0 aliphatic carbocycles. The summed E-state index contributed by atoms with van der Waals surface area (Å²) < 4.78 is 11.4. The summed E-state index contributed by atoms with van der Waals surface area (Å²) in [7, 11) is 0. The topological polar surface area (TPSA) is 48.4 Å². The van der Waals surface area contributed by atoms with Crippen molar-refractivity contribution in [2.45, 2.75) is 65.4 Å². The first-order valence-corrected chi connectivity index (χ1v) is 9.43. The Morgan fingerprint density at radius 2 is 1.92 bits per heavy atom. The van der Waals surface area contributed by atoms with Gasteiger partial charge in [-0.25, -0.2) is 9.78 Å². The number of ether oxygens (including phenoxy) is 2. The van der Waals surface area contributed by atoms with Gasteiger partial charge in [-0.15, -0.1) is 0 Å². The fourth-order valence-corrected chi connectivity index (χ4v) is 2.78. The van der Waals surface area contributed by atoms with Gasteiger partial charge in [0.15, 0.2) is 0 Å². The third-order valence-electron chi connectivity index (χ3n) is 4.23. The SMILES string of the molecule is CCCCCC(CC)OC(=O)c1cc(OCCC)nc2ccccc12. The van der Waals surface area contributed by atoms with Crippen LogP contribution < -0.4 is 4.74 Å². The van der Waals surface area contributed by atoms with Crippen molar-refractivity contribution >= 4 is 16.9 Å². The quantitative estimate of drug-likeness (QED) is 0.420. The van der Waals surface area contributed by atoms with E-state index in [1.54, 1.807) is 6.07 Å². The molecule has 0 N–H and O–H groups in total. The molecule has 0 aliphatic rings. The second-order valence-corrected chi connectivity index (χ2v) is 6.31. The zero-order valence-electron chi connectivity index (χ0n) is 15.6. The molecule has 136 valence electrons. The maximum Gasteiger partial charge on any atom is 0.339 e.